The molecule has 1 aromatic rings. The number of halogens is 1. The number of fused-ring (bicyclic) bond motifs is 2. The van der Waals surface area contributed by atoms with Crippen LogP contribution >= 0.6 is 0 Å². The number of hydrogen-bond acceptors (Lipinski definition) is 2. The van der Waals surface area contributed by atoms with Crippen LogP contribution in [0.1, 0.15) is 40.0 Å². The van der Waals surface area contributed by atoms with Gasteiger partial charge in [-0.15, -0.1) is 0 Å². The molecule has 1 saturated heterocycles. The van der Waals surface area contributed by atoms with Gasteiger partial charge in [-0.2, -0.15) is 0 Å². The summed E-state index contributed by atoms with van der Waals surface area (Å²) in [5, 5.41) is 10.3. The van der Waals surface area contributed by atoms with Crippen molar-refractivity contribution in [2.24, 2.45) is 10.8 Å². The molecule has 2 fully saturated rings. The Hall–Kier alpha value is -1.13. The first kappa shape index (κ1) is 16.7. The molecule has 4 heteroatoms. The van der Waals surface area contributed by atoms with Crippen LogP contribution in [-0.4, -0.2) is 36.9 Å². The highest BCUT2D eigenvalue weighted by Crippen LogP contribution is 2.47. The van der Waals surface area contributed by atoms with Gasteiger partial charge in [0.1, 0.15) is 19.3 Å². The Balaban J connectivity index is 1.55. The summed E-state index contributed by atoms with van der Waals surface area (Å²) in [6.45, 7) is 9.06. The van der Waals surface area contributed by atoms with Crippen molar-refractivity contribution in [3.63, 3.8) is 0 Å². The minimum absolute atomic E-state index is 0.150. The normalized spacial score (nSPS) is 33.4. The van der Waals surface area contributed by atoms with Crippen LogP contribution in [0, 0.1) is 16.6 Å². The van der Waals surface area contributed by atoms with E-state index in [1.165, 1.54) is 30.2 Å². The van der Waals surface area contributed by atoms with Crippen LogP contribution in [-0.2, 0) is 0 Å². The van der Waals surface area contributed by atoms with Crippen molar-refractivity contribution >= 4 is 0 Å². The molecule has 1 aliphatic heterocycles. The smallest absolute Gasteiger partial charge is 0.165 e. The maximum Gasteiger partial charge on any atom is 0.165 e. The standard InChI is InChI=1S/C19H28FNO2/c1-18(2)8-14-9-19(3,12-18)13-21(14)10-15(22)11-23-17-7-5-4-6-16(17)20/h4-7,14-15,22H,8-13H2,1-3H3/p+1/t14-,15+,19-/m1/s1. The minimum atomic E-state index is -0.560. The molecule has 0 radical (unpaired) electrons. The lowest BCUT2D eigenvalue weighted by Gasteiger charge is -2.37. The van der Waals surface area contributed by atoms with Gasteiger partial charge in [0, 0.05) is 18.3 Å². The van der Waals surface area contributed by atoms with Gasteiger partial charge >= 0.3 is 0 Å². The Morgan fingerprint density at radius 3 is 2.78 bits per heavy atom. The summed E-state index contributed by atoms with van der Waals surface area (Å²) in [6, 6.07) is 6.98. The van der Waals surface area contributed by atoms with Crippen molar-refractivity contribution < 1.29 is 19.1 Å². The van der Waals surface area contributed by atoms with Gasteiger partial charge in [0.2, 0.25) is 0 Å². The second-order valence-corrected chi connectivity index (χ2v) is 8.69. The first-order valence-electron chi connectivity index (χ1n) is 8.66. The van der Waals surface area contributed by atoms with Gasteiger partial charge in [0.15, 0.2) is 11.6 Å². The molecule has 1 saturated carbocycles. The van der Waals surface area contributed by atoms with Gasteiger partial charge in [-0.05, 0) is 24.0 Å². The third kappa shape index (κ3) is 3.86. The SMILES string of the molecule is CC1(C)C[C@@H]2C[C@@](C)(C[NH+]2C[C@H](O)COc2ccccc2F)C1. The number of nitrogens with one attached hydrogen (secondary N) is 1. The summed E-state index contributed by atoms with van der Waals surface area (Å²) in [7, 11) is 0. The topological polar surface area (TPSA) is 33.9 Å². The number of hydrogen-bond donors (Lipinski definition) is 2. The van der Waals surface area contributed by atoms with E-state index in [2.05, 4.69) is 20.8 Å². The molecular weight excluding hydrogens is 293 g/mol. The number of aliphatic hydroxyl groups is 1. The molecule has 0 aromatic heterocycles. The minimum Gasteiger partial charge on any atom is -0.488 e. The molecule has 23 heavy (non-hydrogen) atoms. The molecule has 1 aromatic carbocycles. The van der Waals surface area contributed by atoms with Crippen LogP contribution in [0.3, 0.4) is 0 Å². The molecule has 2 N–H and O–H groups in total. The van der Waals surface area contributed by atoms with Crippen LogP contribution in [0.4, 0.5) is 4.39 Å². The van der Waals surface area contributed by atoms with Gasteiger partial charge in [-0.3, -0.25) is 0 Å². The van der Waals surface area contributed by atoms with E-state index in [4.69, 9.17) is 4.74 Å². The molecular formula is C19H29FNO2+. The Kier molecular flexibility index (Phi) is 4.41. The van der Waals surface area contributed by atoms with Gasteiger partial charge in [-0.1, -0.05) is 32.9 Å². The average molecular weight is 322 g/mol. The van der Waals surface area contributed by atoms with Crippen molar-refractivity contribution in [3.05, 3.63) is 30.1 Å². The third-order valence-corrected chi connectivity index (χ3v) is 5.44. The molecule has 1 unspecified atom stereocenters. The number of benzene rings is 1. The van der Waals surface area contributed by atoms with Gasteiger partial charge < -0.3 is 14.7 Å². The van der Waals surface area contributed by atoms with Crippen molar-refractivity contribution in [3.8, 4) is 5.75 Å². The summed E-state index contributed by atoms with van der Waals surface area (Å²) in [5.74, 6) is -0.159. The van der Waals surface area contributed by atoms with Crippen molar-refractivity contribution in [1.82, 2.24) is 0 Å². The fraction of sp³-hybridized carbons (Fsp3) is 0.684. The lowest BCUT2D eigenvalue weighted by atomic mass is 9.65. The van der Waals surface area contributed by atoms with Crippen molar-refractivity contribution in [2.75, 3.05) is 19.7 Å². The van der Waals surface area contributed by atoms with E-state index in [0.717, 1.165) is 6.54 Å². The maximum absolute atomic E-state index is 13.5. The zero-order valence-electron chi connectivity index (χ0n) is 14.4. The Morgan fingerprint density at radius 2 is 2.04 bits per heavy atom. The molecule has 3 nitrogen and oxygen atoms in total. The van der Waals surface area contributed by atoms with E-state index in [9.17, 15) is 9.50 Å². The second kappa shape index (κ2) is 6.06. The van der Waals surface area contributed by atoms with E-state index < -0.39 is 6.10 Å². The fourth-order valence-corrected chi connectivity index (χ4v) is 5.10. The molecule has 0 amide bonds. The summed E-state index contributed by atoms with van der Waals surface area (Å²) >= 11 is 0. The predicted molar refractivity (Wildman–Crippen MR) is 88.1 cm³/mol. The Labute approximate surface area is 138 Å². The first-order valence-corrected chi connectivity index (χ1v) is 8.66. The maximum atomic E-state index is 13.5. The van der Waals surface area contributed by atoms with Gasteiger partial charge in [0.25, 0.3) is 0 Å². The highest BCUT2D eigenvalue weighted by Gasteiger charge is 2.52. The highest BCUT2D eigenvalue weighted by molar-refractivity contribution is 5.23. The summed E-state index contributed by atoms with van der Waals surface area (Å²) in [4.78, 5) is 1.49. The molecule has 1 aliphatic carbocycles. The van der Waals surface area contributed by atoms with E-state index in [1.54, 1.807) is 18.2 Å². The van der Waals surface area contributed by atoms with Crippen LogP contribution in [0.15, 0.2) is 24.3 Å². The van der Waals surface area contributed by atoms with Crippen LogP contribution < -0.4 is 9.64 Å². The zero-order chi connectivity index (χ0) is 16.7. The molecule has 0 spiro atoms. The summed E-state index contributed by atoms with van der Waals surface area (Å²) in [5.41, 5.74) is 0.794. The molecule has 1 heterocycles. The lowest BCUT2D eigenvalue weighted by Crippen LogP contribution is -3.15. The van der Waals surface area contributed by atoms with Gasteiger partial charge in [0.05, 0.1) is 12.6 Å². The Bertz CT molecular complexity index is 562. The molecule has 4 atom stereocenters. The van der Waals surface area contributed by atoms with Crippen molar-refractivity contribution in [2.45, 2.75) is 52.2 Å². The lowest BCUT2D eigenvalue weighted by molar-refractivity contribution is -0.917. The fourth-order valence-electron chi connectivity index (χ4n) is 5.10. The molecule has 3 rings (SSSR count). The average Bonchev–Trinajstić information content (AvgIpc) is 2.66. The summed E-state index contributed by atoms with van der Waals surface area (Å²) < 4.78 is 19.0. The van der Waals surface area contributed by atoms with E-state index >= 15 is 0 Å². The molecule has 2 bridgehead atoms. The van der Waals surface area contributed by atoms with Gasteiger partial charge in [-0.25, -0.2) is 4.39 Å². The third-order valence-electron chi connectivity index (χ3n) is 5.44. The van der Waals surface area contributed by atoms with Crippen LogP contribution in [0.2, 0.25) is 0 Å². The number of aliphatic hydroxyl groups excluding tert-OH is 1. The van der Waals surface area contributed by atoms with Crippen LogP contribution in [0.5, 0.6) is 5.75 Å². The van der Waals surface area contributed by atoms with Crippen LogP contribution in [0.25, 0.3) is 0 Å². The molecule has 128 valence electrons. The van der Waals surface area contributed by atoms with Crippen molar-refractivity contribution in [1.29, 1.82) is 0 Å². The number of para-hydroxylation sites is 1. The number of quaternary nitrogens is 1. The predicted octanol–water partition coefficient (Wildman–Crippen LogP) is 2.05. The first-order chi connectivity index (χ1) is 10.8. The summed E-state index contributed by atoms with van der Waals surface area (Å²) in [6.07, 6.45) is 3.18. The Morgan fingerprint density at radius 1 is 1.30 bits per heavy atom. The zero-order valence-corrected chi connectivity index (χ0v) is 14.4. The largest absolute Gasteiger partial charge is 0.488 e. The number of rotatable bonds is 5. The number of ether oxygens (including phenoxy) is 1. The van der Waals surface area contributed by atoms with E-state index in [-0.39, 0.29) is 18.2 Å². The molecule has 2 aliphatic rings. The quantitative estimate of drug-likeness (QED) is 0.870. The van der Waals surface area contributed by atoms with E-state index in [1.807, 2.05) is 0 Å². The second-order valence-electron chi connectivity index (χ2n) is 8.69. The monoisotopic (exact) mass is 322 g/mol. The van der Waals surface area contributed by atoms with E-state index in [0.29, 0.717) is 23.4 Å². The number of likely N-dealkylation sites (tertiary alicyclic amines) is 1. The highest BCUT2D eigenvalue weighted by atomic mass is 19.1.